The molecule has 9 heteroatoms. The van der Waals surface area contributed by atoms with Crippen LogP contribution in [0.3, 0.4) is 0 Å². The minimum atomic E-state index is -0.452. The normalized spacial score (nSPS) is 11.2. The van der Waals surface area contributed by atoms with Gasteiger partial charge in [-0.1, -0.05) is 0 Å². The first-order valence-electron chi connectivity index (χ1n) is 9.41. The van der Waals surface area contributed by atoms with Gasteiger partial charge in [0.25, 0.3) is 0 Å². The van der Waals surface area contributed by atoms with Gasteiger partial charge in [0.1, 0.15) is 23.6 Å². The van der Waals surface area contributed by atoms with Crippen molar-refractivity contribution in [2.24, 2.45) is 7.05 Å². The van der Waals surface area contributed by atoms with Crippen molar-refractivity contribution in [2.45, 2.75) is 0 Å². The molecular weight excluding hydrogens is 399 g/mol. The van der Waals surface area contributed by atoms with E-state index in [0.29, 0.717) is 38.8 Å². The molecule has 0 amide bonds. The minimum absolute atomic E-state index is 0.0637. The Morgan fingerprint density at radius 2 is 1.97 bits per heavy atom. The van der Waals surface area contributed by atoms with E-state index in [1.54, 1.807) is 67.6 Å². The summed E-state index contributed by atoms with van der Waals surface area (Å²) < 4.78 is 22.0. The molecule has 0 bridgehead atoms. The highest BCUT2D eigenvalue weighted by atomic mass is 19.1. The number of aromatic nitrogens is 5. The molecule has 3 heterocycles. The lowest BCUT2D eigenvalue weighted by molar-refractivity contribution is 0.416. The predicted molar refractivity (Wildman–Crippen MR) is 115 cm³/mol. The number of nitrogens with one attached hydrogen (secondary N) is 1. The van der Waals surface area contributed by atoms with Gasteiger partial charge >= 0.3 is 0 Å². The Bertz CT molecular complexity index is 1450. The molecule has 5 aromatic rings. The Kier molecular flexibility index (Phi) is 4.36. The Balaban J connectivity index is 1.62. The molecule has 0 aliphatic rings. The van der Waals surface area contributed by atoms with Crippen molar-refractivity contribution in [3.63, 3.8) is 0 Å². The number of benzene rings is 2. The van der Waals surface area contributed by atoms with Crippen LogP contribution >= 0.6 is 0 Å². The number of methoxy groups -OCH3 is 1. The first kappa shape index (κ1) is 18.7. The number of halogens is 1. The minimum Gasteiger partial charge on any atom is -0.507 e. The second-order valence-electron chi connectivity index (χ2n) is 6.95. The van der Waals surface area contributed by atoms with Crippen molar-refractivity contribution in [1.82, 2.24) is 24.7 Å². The maximum Gasteiger partial charge on any atom is 0.164 e. The van der Waals surface area contributed by atoms with Crippen LogP contribution in [0.15, 0.2) is 55.1 Å². The van der Waals surface area contributed by atoms with Gasteiger partial charge < -0.3 is 15.2 Å². The quantitative estimate of drug-likeness (QED) is 0.454. The van der Waals surface area contributed by atoms with Crippen LogP contribution in [0.25, 0.3) is 33.1 Å². The predicted octanol–water partition coefficient (Wildman–Crippen LogP) is 4.18. The van der Waals surface area contributed by atoms with Gasteiger partial charge in [0.2, 0.25) is 0 Å². The van der Waals surface area contributed by atoms with Crippen molar-refractivity contribution >= 4 is 33.3 Å². The third-order valence-electron chi connectivity index (χ3n) is 4.98. The van der Waals surface area contributed by atoms with Crippen molar-refractivity contribution in [1.29, 1.82) is 0 Å². The monoisotopic (exact) mass is 416 g/mol. The highest BCUT2D eigenvalue weighted by Gasteiger charge is 2.17. The van der Waals surface area contributed by atoms with E-state index in [-0.39, 0.29) is 17.3 Å². The number of hydrogen-bond donors (Lipinski definition) is 2. The molecule has 8 nitrogen and oxygen atoms in total. The summed E-state index contributed by atoms with van der Waals surface area (Å²) >= 11 is 0. The molecule has 5 rings (SSSR count). The van der Waals surface area contributed by atoms with Gasteiger partial charge in [-0.05, 0) is 36.4 Å². The number of pyridine rings is 1. The fraction of sp³-hybridized carbons (Fsp3) is 0.0909. The molecule has 0 radical (unpaired) electrons. The molecule has 0 aliphatic heterocycles. The Morgan fingerprint density at radius 1 is 1.10 bits per heavy atom. The number of nitrogens with zero attached hydrogens (tertiary/aromatic N) is 5. The van der Waals surface area contributed by atoms with E-state index in [2.05, 4.69) is 25.4 Å². The van der Waals surface area contributed by atoms with Crippen molar-refractivity contribution < 1.29 is 14.2 Å². The van der Waals surface area contributed by atoms with Crippen LogP contribution in [0.5, 0.6) is 11.5 Å². The first-order chi connectivity index (χ1) is 15.0. The summed E-state index contributed by atoms with van der Waals surface area (Å²) in [6.45, 7) is 0. The lowest BCUT2D eigenvalue weighted by Gasteiger charge is -2.12. The van der Waals surface area contributed by atoms with Crippen LogP contribution < -0.4 is 10.1 Å². The number of anilines is 2. The van der Waals surface area contributed by atoms with Crippen molar-refractivity contribution in [2.75, 3.05) is 12.4 Å². The van der Waals surface area contributed by atoms with E-state index >= 15 is 0 Å². The van der Waals surface area contributed by atoms with E-state index in [4.69, 9.17) is 4.74 Å². The third kappa shape index (κ3) is 3.16. The summed E-state index contributed by atoms with van der Waals surface area (Å²) in [7, 11) is 3.34. The van der Waals surface area contributed by atoms with Gasteiger partial charge in [-0.15, -0.1) is 0 Å². The highest BCUT2D eigenvalue weighted by molar-refractivity contribution is 5.99. The second kappa shape index (κ2) is 7.21. The van der Waals surface area contributed by atoms with Gasteiger partial charge in [0, 0.05) is 24.2 Å². The molecule has 0 atom stereocenters. The maximum absolute atomic E-state index is 15.0. The van der Waals surface area contributed by atoms with E-state index in [1.807, 2.05) is 0 Å². The van der Waals surface area contributed by atoms with Gasteiger partial charge in [-0.2, -0.15) is 5.10 Å². The molecule has 154 valence electrons. The third-order valence-corrected chi connectivity index (χ3v) is 4.98. The summed E-state index contributed by atoms with van der Waals surface area (Å²) in [5.41, 5.74) is 2.45. The molecule has 0 aliphatic carbocycles. The average molecular weight is 416 g/mol. The summed E-state index contributed by atoms with van der Waals surface area (Å²) in [4.78, 5) is 12.6. The number of aryl methyl sites for hydroxylation is 1. The van der Waals surface area contributed by atoms with Crippen LogP contribution in [-0.2, 0) is 7.05 Å². The van der Waals surface area contributed by atoms with E-state index in [1.165, 1.54) is 6.33 Å². The molecule has 2 aromatic carbocycles. The molecule has 0 unspecified atom stereocenters. The Hall–Kier alpha value is -4.27. The SMILES string of the molecule is COc1cn(C)nc1-c1cc(O)c2c(Nc3ccc4ncccc4c3F)ncnc2c1. The number of fused-ring (bicyclic) bond motifs is 2. The van der Waals surface area contributed by atoms with Gasteiger partial charge in [0.15, 0.2) is 11.6 Å². The fourth-order valence-corrected chi connectivity index (χ4v) is 3.56. The summed E-state index contributed by atoms with van der Waals surface area (Å²) in [6.07, 6.45) is 4.70. The zero-order valence-electron chi connectivity index (χ0n) is 16.7. The van der Waals surface area contributed by atoms with E-state index in [9.17, 15) is 9.50 Å². The number of aromatic hydroxyl groups is 1. The van der Waals surface area contributed by atoms with Crippen molar-refractivity contribution in [3.8, 4) is 22.8 Å². The lowest BCUT2D eigenvalue weighted by atomic mass is 10.1. The smallest absolute Gasteiger partial charge is 0.164 e. The standard InChI is InChI=1S/C22H17FN6O2/c1-29-10-18(31-2)21(28-29)12-8-16-19(17(30)9-12)22(26-11-25-16)27-15-6-5-14-13(20(15)23)4-3-7-24-14/h3-11,30H,1-2H3,(H,25,26,27). The number of phenols is 1. The zero-order valence-corrected chi connectivity index (χ0v) is 16.7. The van der Waals surface area contributed by atoms with Gasteiger partial charge in [-0.25, -0.2) is 14.4 Å². The van der Waals surface area contributed by atoms with Crippen LogP contribution in [0.4, 0.5) is 15.9 Å². The topological polar surface area (TPSA) is 98.0 Å². The van der Waals surface area contributed by atoms with Gasteiger partial charge in [0.05, 0.1) is 35.4 Å². The molecule has 3 aromatic heterocycles. The molecule has 0 spiro atoms. The van der Waals surface area contributed by atoms with E-state index < -0.39 is 5.82 Å². The summed E-state index contributed by atoms with van der Waals surface area (Å²) in [6, 6.07) is 9.97. The maximum atomic E-state index is 15.0. The van der Waals surface area contributed by atoms with Crippen LogP contribution in [0.1, 0.15) is 0 Å². The van der Waals surface area contributed by atoms with Gasteiger partial charge in [-0.3, -0.25) is 9.67 Å². The number of ether oxygens (including phenoxy) is 1. The Morgan fingerprint density at radius 3 is 2.81 bits per heavy atom. The zero-order chi connectivity index (χ0) is 21.5. The van der Waals surface area contributed by atoms with Crippen LogP contribution in [0, 0.1) is 5.82 Å². The first-order valence-corrected chi connectivity index (χ1v) is 9.41. The molecule has 0 fully saturated rings. The largest absolute Gasteiger partial charge is 0.507 e. The molecule has 2 N–H and O–H groups in total. The lowest BCUT2D eigenvalue weighted by Crippen LogP contribution is -1.99. The average Bonchev–Trinajstić information content (AvgIpc) is 3.16. The molecule has 0 saturated heterocycles. The number of hydrogen-bond acceptors (Lipinski definition) is 7. The molecular formula is C22H17FN6O2. The molecule has 0 saturated carbocycles. The Labute approximate surface area is 176 Å². The summed E-state index contributed by atoms with van der Waals surface area (Å²) in [5, 5.41) is 18.9. The fourth-order valence-electron chi connectivity index (χ4n) is 3.56. The number of rotatable bonds is 4. The number of phenolic OH excluding ortho intramolecular Hbond substituents is 1. The van der Waals surface area contributed by atoms with Crippen LogP contribution in [-0.4, -0.2) is 36.9 Å². The van der Waals surface area contributed by atoms with Crippen molar-refractivity contribution in [3.05, 3.63) is 60.9 Å². The van der Waals surface area contributed by atoms with Crippen LogP contribution in [0.2, 0.25) is 0 Å². The summed E-state index contributed by atoms with van der Waals surface area (Å²) in [5.74, 6) is 0.336. The van der Waals surface area contributed by atoms with E-state index in [0.717, 1.165) is 0 Å². The second-order valence-corrected chi connectivity index (χ2v) is 6.95. The highest BCUT2D eigenvalue weighted by Crippen LogP contribution is 2.38. The molecule has 31 heavy (non-hydrogen) atoms.